The number of sulfone groups is 1. The number of ether oxygens (including phenoxy) is 1. The topological polar surface area (TPSA) is 197 Å². The van der Waals surface area contributed by atoms with Crippen molar-refractivity contribution in [1.29, 1.82) is 0 Å². The van der Waals surface area contributed by atoms with Gasteiger partial charge in [0.25, 0.3) is 4.99 Å². The van der Waals surface area contributed by atoms with Crippen LogP contribution in [0.5, 0.6) is 0 Å². The summed E-state index contributed by atoms with van der Waals surface area (Å²) in [6, 6.07) is 1.66. The van der Waals surface area contributed by atoms with Crippen LogP contribution in [0.2, 0.25) is 5.15 Å². The highest BCUT2D eigenvalue weighted by molar-refractivity contribution is 7.98. The molecule has 19 heteroatoms. The fraction of sp³-hybridized carbons (Fsp3) is 0.706. The van der Waals surface area contributed by atoms with Gasteiger partial charge in [0.15, 0.2) is 27.2 Å². The first-order chi connectivity index (χ1) is 16.6. The number of nitrogens with one attached hydrogen (secondary N) is 1. The number of aliphatic hydroxyl groups is 2. The Balaban J connectivity index is 1.62. The average Bonchev–Trinajstić information content (AvgIpc) is 3.42. The van der Waals surface area contributed by atoms with Crippen LogP contribution in [0.1, 0.15) is 31.9 Å². The molecule has 0 amide bonds. The zero-order valence-corrected chi connectivity index (χ0v) is 20.6. The third kappa shape index (κ3) is 5.34. The Kier molecular flexibility index (Phi) is 7.33. The predicted octanol–water partition coefficient (Wildman–Crippen LogP) is 0.934. The number of rotatable bonds is 7. The van der Waals surface area contributed by atoms with Crippen molar-refractivity contribution in [2.75, 3.05) is 11.1 Å². The fourth-order valence-electron chi connectivity index (χ4n) is 4.45. The summed E-state index contributed by atoms with van der Waals surface area (Å²) in [5.41, 5.74) is 0.669. The van der Waals surface area contributed by atoms with Gasteiger partial charge in [-0.25, -0.2) is 13.4 Å². The molecule has 1 aliphatic carbocycles. The molecule has 3 heterocycles. The SMILES string of the molecule is O=P(O)(O)C(C(F)(F)F)S(=O)(=O)C[C@H]1O[C@@H](n2nnc3c(NC4CCCC4)cc(Cl)nc32)[C@H](O)[C@@H]1O. The molecule has 2 aromatic rings. The summed E-state index contributed by atoms with van der Waals surface area (Å²) in [5, 5.41) is 31.9. The molecular formula is C17H22ClF3N5O8PS. The minimum atomic E-state index is -6.20. The molecular weight excluding hydrogens is 558 g/mol. The quantitative estimate of drug-likeness (QED) is 0.230. The minimum Gasteiger partial charge on any atom is -0.387 e. The Labute approximate surface area is 206 Å². The van der Waals surface area contributed by atoms with E-state index in [1.165, 1.54) is 6.07 Å². The largest absolute Gasteiger partial charge is 0.417 e. The van der Waals surface area contributed by atoms with Crippen LogP contribution in [0, 0.1) is 0 Å². The number of alkyl halides is 3. The second kappa shape index (κ2) is 9.62. The first-order valence-corrected chi connectivity index (χ1v) is 14.4. The number of nitrogens with zero attached hydrogens (tertiary/aromatic N) is 4. The molecule has 36 heavy (non-hydrogen) atoms. The van der Waals surface area contributed by atoms with Gasteiger partial charge in [-0.3, -0.25) is 4.57 Å². The van der Waals surface area contributed by atoms with Crippen molar-refractivity contribution in [3.05, 3.63) is 11.2 Å². The van der Waals surface area contributed by atoms with Gasteiger partial charge in [-0.15, -0.1) is 5.10 Å². The van der Waals surface area contributed by atoms with Crippen molar-refractivity contribution in [3.8, 4) is 0 Å². The number of anilines is 1. The van der Waals surface area contributed by atoms with Gasteiger partial charge < -0.3 is 30.1 Å². The summed E-state index contributed by atoms with van der Waals surface area (Å²) in [6.45, 7) is 0. The van der Waals surface area contributed by atoms with Gasteiger partial charge in [0.2, 0.25) is 0 Å². The smallest absolute Gasteiger partial charge is 0.387 e. The Bertz CT molecular complexity index is 1290. The number of halogens is 4. The van der Waals surface area contributed by atoms with E-state index < -0.39 is 58.9 Å². The zero-order chi connectivity index (χ0) is 26.6. The number of hydrogen-bond donors (Lipinski definition) is 5. The summed E-state index contributed by atoms with van der Waals surface area (Å²) in [7, 11) is -11.8. The Morgan fingerprint density at radius 1 is 1.25 bits per heavy atom. The second-order valence-electron chi connectivity index (χ2n) is 8.68. The standard InChI is InChI=1S/C17H22ClF3N5O8PS/c18-10-5-8(22-7-3-1-2-4-7)11-14(23-10)26(25-24-11)15-13(28)12(27)9(34-15)6-36(32,33)16(17(19,20)21)35(29,30)31/h5,7,9,12-13,15-16,27-28H,1-4,6H2,(H,22,23)(H2,29,30,31)/t9-,12-,13-,15-,16?/m1/s1. The molecule has 0 spiro atoms. The van der Waals surface area contributed by atoms with Crippen LogP contribution in [0.15, 0.2) is 6.07 Å². The van der Waals surface area contributed by atoms with Crippen LogP contribution in [0.4, 0.5) is 18.9 Å². The van der Waals surface area contributed by atoms with Crippen molar-refractivity contribution in [3.63, 3.8) is 0 Å². The van der Waals surface area contributed by atoms with Crippen molar-refractivity contribution in [1.82, 2.24) is 20.0 Å². The molecule has 0 bridgehead atoms. The van der Waals surface area contributed by atoms with Gasteiger partial charge in [-0.1, -0.05) is 29.7 Å². The van der Waals surface area contributed by atoms with Crippen molar-refractivity contribution >= 4 is 45.9 Å². The van der Waals surface area contributed by atoms with E-state index in [1.807, 2.05) is 0 Å². The first-order valence-electron chi connectivity index (χ1n) is 10.6. The van der Waals surface area contributed by atoms with Crippen LogP contribution >= 0.6 is 19.2 Å². The molecule has 1 aliphatic heterocycles. The molecule has 5 atom stereocenters. The number of pyridine rings is 1. The molecule has 5 N–H and O–H groups in total. The van der Waals surface area contributed by atoms with Crippen molar-refractivity contribution in [2.45, 2.75) is 67.4 Å². The highest BCUT2D eigenvalue weighted by atomic mass is 35.5. The summed E-state index contributed by atoms with van der Waals surface area (Å²) in [6.07, 6.45) is -9.49. The Morgan fingerprint density at radius 2 is 1.89 bits per heavy atom. The minimum absolute atomic E-state index is 0.00775. The molecule has 0 aromatic carbocycles. The van der Waals surface area contributed by atoms with Gasteiger partial charge in [0, 0.05) is 12.1 Å². The molecule has 1 saturated carbocycles. The van der Waals surface area contributed by atoms with E-state index in [-0.39, 0.29) is 22.4 Å². The lowest BCUT2D eigenvalue weighted by molar-refractivity contribution is -0.118. The third-order valence-corrected chi connectivity index (χ3v) is 10.6. The van der Waals surface area contributed by atoms with Gasteiger partial charge in [0.05, 0.1) is 11.4 Å². The van der Waals surface area contributed by atoms with Crippen LogP contribution in [-0.2, 0) is 19.1 Å². The van der Waals surface area contributed by atoms with Crippen molar-refractivity contribution < 1.29 is 50.9 Å². The summed E-state index contributed by atoms with van der Waals surface area (Å²) in [5.74, 6) is -1.65. The Morgan fingerprint density at radius 3 is 2.47 bits per heavy atom. The van der Waals surface area contributed by atoms with E-state index >= 15 is 0 Å². The third-order valence-electron chi connectivity index (χ3n) is 6.02. The normalized spacial score (nSPS) is 27.1. The fourth-order valence-corrected chi connectivity index (χ4v) is 8.28. The monoisotopic (exact) mass is 579 g/mol. The van der Waals surface area contributed by atoms with Crippen molar-refractivity contribution in [2.24, 2.45) is 0 Å². The highest BCUT2D eigenvalue weighted by Crippen LogP contribution is 2.52. The summed E-state index contributed by atoms with van der Waals surface area (Å²) in [4.78, 5) is 18.1. The molecule has 2 aromatic heterocycles. The molecule has 2 aliphatic rings. The molecule has 4 rings (SSSR count). The maximum Gasteiger partial charge on any atom is 0.417 e. The Hall–Kier alpha value is -1.59. The lowest BCUT2D eigenvalue weighted by Crippen LogP contribution is -2.43. The highest BCUT2D eigenvalue weighted by Gasteiger charge is 2.60. The van der Waals surface area contributed by atoms with E-state index in [0.29, 0.717) is 5.69 Å². The number of fused-ring (bicyclic) bond motifs is 1. The van der Waals surface area contributed by atoms with E-state index in [4.69, 9.17) is 26.1 Å². The first kappa shape index (κ1) is 27.4. The van der Waals surface area contributed by atoms with E-state index in [0.717, 1.165) is 30.4 Å². The number of aliphatic hydroxyl groups excluding tert-OH is 2. The zero-order valence-electron chi connectivity index (χ0n) is 18.2. The lowest BCUT2D eigenvalue weighted by Gasteiger charge is -2.23. The molecule has 2 fully saturated rings. The summed E-state index contributed by atoms with van der Waals surface area (Å²) < 4.78 is 81.8. The second-order valence-corrected chi connectivity index (χ2v) is 13.2. The van der Waals surface area contributed by atoms with E-state index in [2.05, 4.69) is 20.6 Å². The molecule has 1 saturated heterocycles. The van der Waals surface area contributed by atoms with Gasteiger partial charge in [0.1, 0.15) is 23.5 Å². The van der Waals surface area contributed by atoms with E-state index in [9.17, 15) is 36.4 Å². The maximum absolute atomic E-state index is 13.2. The lowest BCUT2D eigenvalue weighted by atomic mass is 10.1. The molecule has 0 radical (unpaired) electrons. The van der Waals surface area contributed by atoms with Crippen LogP contribution in [-0.4, -0.2) is 89.7 Å². The number of aromatic nitrogens is 4. The maximum atomic E-state index is 13.2. The molecule has 1 unspecified atom stereocenters. The molecule has 202 valence electrons. The van der Waals surface area contributed by atoms with Crippen LogP contribution < -0.4 is 5.32 Å². The summed E-state index contributed by atoms with van der Waals surface area (Å²) >= 11 is 6.11. The molecule has 13 nitrogen and oxygen atoms in total. The van der Waals surface area contributed by atoms with Crippen LogP contribution in [0.25, 0.3) is 11.2 Å². The van der Waals surface area contributed by atoms with Crippen LogP contribution in [0.3, 0.4) is 0 Å². The van der Waals surface area contributed by atoms with Gasteiger partial charge in [-0.05, 0) is 12.8 Å². The average molecular weight is 580 g/mol. The number of hydrogen-bond acceptors (Lipinski definition) is 10. The van der Waals surface area contributed by atoms with E-state index in [1.54, 1.807) is 0 Å². The predicted molar refractivity (Wildman–Crippen MR) is 118 cm³/mol. The van der Waals surface area contributed by atoms with Gasteiger partial charge >= 0.3 is 13.8 Å². The van der Waals surface area contributed by atoms with Gasteiger partial charge in [-0.2, -0.15) is 17.9 Å².